The van der Waals surface area contributed by atoms with Crippen LogP contribution in [0.15, 0.2) is 36.4 Å². The maximum atomic E-state index is 13.1. The summed E-state index contributed by atoms with van der Waals surface area (Å²) < 4.78 is 13.1. The Balaban J connectivity index is 2.11. The van der Waals surface area contributed by atoms with Crippen molar-refractivity contribution in [3.63, 3.8) is 0 Å². The highest BCUT2D eigenvalue weighted by molar-refractivity contribution is 6.43. The molecule has 2 aromatic carbocycles. The standard InChI is InChI=1S/C14H12Cl2FN/c1-9-7-10(5-6-12(9)17)8-18-13-4-2-3-11(15)14(13)16/h2-7,18H,8H2,1H3. The fraction of sp³-hybridized carbons (Fsp3) is 0.143. The summed E-state index contributed by atoms with van der Waals surface area (Å²) in [7, 11) is 0. The summed E-state index contributed by atoms with van der Waals surface area (Å²) in [5.74, 6) is -0.195. The first-order chi connectivity index (χ1) is 8.58. The van der Waals surface area contributed by atoms with Gasteiger partial charge in [-0.3, -0.25) is 0 Å². The van der Waals surface area contributed by atoms with E-state index in [1.54, 1.807) is 25.1 Å². The highest BCUT2D eigenvalue weighted by Gasteiger charge is 2.04. The van der Waals surface area contributed by atoms with Crippen molar-refractivity contribution in [1.29, 1.82) is 0 Å². The van der Waals surface area contributed by atoms with E-state index in [2.05, 4.69) is 5.32 Å². The van der Waals surface area contributed by atoms with Gasteiger partial charge in [-0.1, -0.05) is 41.4 Å². The third-order valence-electron chi connectivity index (χ3n) is 2.66. The molecule has 1 nitrogen and oxygen atoms in total. The topological polar surface area (TPSA) is 12.0 Å². The highest BCUT2D eigenvalue weighted by Crippen LogP contribution is 2.29. The zero-order chi connectivity index (χ0) is 13.1. The predicted molar refractivity (Wildman–Crippen MR) is 74.9 cm³/mol. The quantitative estimate of drug-likeness (QED) is 0.831. The minimum atomic E-state index is -0.195. The van der Waals surface area contributed by atoms with Crippen LogP contribution in [0.25, 0.3) is 0 Å². The minimum absolute atomic E-state index is 0.195. The molecule has 0 heterocycles. The van der Waals surface area contributed by atoms with Gasteiger partial charge in [-0.2, -0.15) is 0 Å². The lowest BCUT2D eigenvalue weighted by molar-refractivity contribution is 0.617. The van der Waals surface area contributed by atoms with Crippen LogP contribution < -0.4 is 5.32 Å². The van der Waals surface area contributed by atoms with E-state index in [0.29, 0.717) is 22.2 Å². The number of benzene rings is 2. The van der Waals surface area contributed by atoms with Crippen molar-refractivity contribution in [2.75, 3.05) is 5.32 Å². The van der Waals surface area contributed by atoms with Gasteiger partial charge in [0.15, 0.2) is 0 Å². The Morgan fingerprint density at radius 2 is 1.94 bits per heavy atom. The van der Waals surface area contributed by atoms with E-state index in [4.69, 9.17) is 23.2 Å². The van der Waals surface area contributed by atoms with E-state index in [1.807, 2.05) is 12.1 Å². The summed E-state index contributed by atoms with van der Waals surface area (Å²) in [4.78, 5) is 0. The zero-order valence-electron chi connectivity index (χ0n) is 9.81. The van der Waals surface area contributed by atoms with Gasteiger partial charge in [-0.25, -0.2) is 4.39 Å². The number of hydrogen-bond acceptors (Lipinski definition) is 1. The number of nitrogens with one attached hydrogen (secondary N) is 1. The zero-order valence-corrected chi connectivity index (χ0v) is 11.3. The monoisotopic (exact) mass is 283 g/mol. The number of rotatable bonds is 3. The van der Waals surface area contributed by atoms with Crippen LogP contribution in [0.5, 0.6) is 0 Å². The minimum Gasteiger partial charge on any atom is -0.380 e. The van der Waals surface area contributed by atoms with Gasteiger partial charge in [-0.15, -0.1) is 0 Å². The van der Waals surface area contributed by atoms with Crippen molar-refractivity contribution in [3.8, 4) is 0 Å². The Morgan fingerprint density at radius 3 is 2.67 bits per heavy atom. The molecule has 2 aromatic rings. The molecule has 1 N–H and O–H groups in total. The fourth-order valence-electron chi connectivity index (χ4n) is 1.65. The Kier molecular flexibility index (Phi) is 4.10. The molecular formula is C14H12Cl2FN. The summed E-state index contributed by atoms with van der Waals surface area (Å²) in [5.41, 5.74) is 2.39. The summed E-state index contributed by atoms with van der Waals surface area (Å²) in [5, 5.41) is 4.19. The average molecular weight is 284 g/mol. The van der Waals surface area contributed by atoms with Crippen molar-refractivity contribution in [1.82, 2.24) is 0 Å². The number of aryl methyl sites for hydroxylation is 1. The third kappa shape index (κ3) is 2.95. The molecule has 18 heavy (non-hydrogen) atoms. The van der Waals surface area contributed by atoms with Gasteiger partial charge in [0, 0.05) is 6.54 Å². The third-order valence-corrected chi connectivity index (χ3v) is 3.48. The van der Waals surface area contributed by atoms with Crippen LogP contribution in [0, 0.1) is 12.7 Å². The van der Waals surface area contributed by atoms with Gasteiger partial charge in [0.05, 0.1) is 15.7 Å². The second-order valence-corrected chi connectivity index (χ2v) is 4.82. The normalized spacial score (nSPS) is 10.4. The molecule has 0 aliphatic rings. The Bertz CT molecular complexity index is 570. The largest absolute Gasteiger partial charge is 0.380 e. The van der Waals surface area contributed by atoms with E-state index in [0.717, 1.165) is 11.3 Å². The summed E-state index contributed by atoms with van der Waals surface area (Å²) >= 11 is 12.0. The molecule has 0 aliphatic carbocycles. The van der Waals surface area contributed by atoms with Gasteiger partial charge in [0.1, 0.15) is 5.82 Å². The molecule has 94 valence electrons. The van der Waals surface area contributed by atoms with Crippen molar-refractivity contribution in [2.24, 2.45) is 0 Å². The van der Waals surface area contributed by atoms with Gasteiger partial charge >= 0.3 is 0 Å². The van der Waals surface area contributed by atoms with Crippen LogP contribution in [-0.4, -0.2) is 0 Å². The predicted octanol–water partition coefficient (Wildman–Crippen LogP) is 5.05. The first-order valence-corrected chi connectivity index (χ1v) is 6.26. The maximum absolute atomic E-state index is 13.1. The lowest BCUT2D eigenvalue weighted by Crippen LogP contribution is -2.00. The lowest BCUT2D eigenvalue weighted by Gasteiger charge is -2.10. The summed E-state index contributed by atoms with van der Waals surface area (Å²) in [6.07, 6.45) is 0. The Morgan fingerprint density at radius 1 is 1.17 bits per heavy atom. The Hall–Kier alpha value is -1.25. The molecule has 0 saturated carbocycles. The van der Waals surface area contributed by atoms with Crippen molar-refractivity contribution >= 4 is 28.9 Å². The van der Waals surface area contributed by atoms with E-state index in [1.165, 1.54) is 6.07 Å². The van der Waals surface area contributed by atoms with Gasteiger partial charge in [-0.05, 0) is 36.2 Å². The molecule has 0 atom stereocenters. The van der Waals surface area contributed by atoms with E-state index < -0.39 is 0 Å². The molecule has 0 saturated heterocycles. The molecule has 0 fully saturated rings. The molecule has 0 spiro atoms. The fourth-order valence-corrected chi connectivity index (χ4v) is 2.02. The molecule has 0 amide bonds. The molecule has 2 rings (SSSR count). The average Bonchev–Trinajstić information content (AvgIpc) is 2.35. The van der Waals surface area contributed by atoms with E-state index in [9.17, 15) is 4.39 Å². The molecule has 0 aromatic heterocycles. The molecule has 0 bridgehead atoms. The number of halogens is 3. The van der Waals surface area contributed by atoms with Gasteiger partial charge in [0.25, 0.3) is 0 Å². The second-order valence-electron chi connectivity index (χ2n) is 4.04. The van der Waals surface area contributed by atoms with Crippen molar-refractivity contribution in [2.45, 2.75) is 13.5 Å². The van der Waals surface area contributed by atoms with E-state index >= 15 is 0 Å². The van der Waals surface area contributed by atoms with Crippen molar-refractivity contribution in [3.05, 3.63) is 63.4 Å². The SMILES string of the molecule is Cc1cc(CNc2cccc(Cl)c2Cl)ccc1F. The van der Waals surface area contributed by atoms with E-state index in [-0.39, 0.29) is 5.82 Å². The van der Waals surface area contributed by atoms with Crippen LogP contribution in [0.1, 0.15) is 11.1 Å². The second kappa shape index (κ2) is 5.59. The molecular weight excluding hydrogens is 272 g/mol. The first kappa shape index (κ1) is 13.2. The van der Waals surface area contributed by atoms with Gasteiger partial charge < -0.3 is 5.32 Å². The van der Waals surface area contributed by atoms with Crippen LogP contribution in [0.3, 0.4) is 0 Å². The molecule has 0 radical (unpaired) electrons. The van der Waals surface area contributed by atoms with Gasteiger partial charge in [0.2, 0.25) is 0 Å². The maximum Gasteiger partial charge on any atom is 0.126 e. The number of hydrogen-bond donors (Lipinski definition) is 1. The van der Waals surface area contributed by atoms with Crippen LogP contribution in [0.4, 0.5) is 10.1 Å². The summed E-state index contributed by atoms with van der Waals surface area (Å²) in [6, 6.07) is 10.4. The number of anilines is 1. The molecule has 0 aliphatic heterocycles. The summed E-state index contributed by atoms with van der Waals surface area (Å²) in [6.45, 7) is 2.31. The molecule has 4 heteroatoms. The highest BCUT2D eigenvalue weighted by atomic mass is 35.5. The smallest absolute Gasteiger partial charge is 0.126 e. The lowest BCUT2D eigenvalue weighted by atomic mass is 10.1. The van der Waals surface area contributed by atoms with Crippen LogP contribution in [0.2, 0.25) is 10.0 Å². The first-order valence-electron chi connectivity index (χ1n) is 5.51. The molecule has 0 unspecified atom stereocenters. The van der Waals surface area contributed by atoms with Crippen molar-refractivity contribution < 1.29 is 4.39 Å². The Labute approximate surface area is 116 Å². The van der Waals surface area contributed by atoms with Crippen LogP contribution in [-0.2, 0) is 6.54 Å². The van der Waals surface area contributed by atoms with Crippen LogP contribution >= 0.6 is 23.2 Å².